The fourth-order valence-electron chi connectivity index (χ4n) is 5.81. The molecule has 0 radical (unpaired) electrons. The van der Waals surface area contributed by atoms with Crippen LogP contribution in [-0.4, -0.2) is 44.8 Å². The van der Waals surface area contributed by atoms with Gasteiger partial charge in [-0.3, -0.25) is 0 Å². The van der Waals surface area contributed by atoms with Gasteiger partial charge in [0, 0.05) is 47.3 Å². The number of fused-ring (bicyclic) bond motifs is 12. The van der Waals surface area contributed by atoms with Crippen LogP contribution in [-0.2, 0) is 0 Å². The molecule has 4 N–H and O–H groups in total. The highest BCUT2D eigenvalue weighted by atomic mass is 16.3. The lowest BCUT2D eigenvalue weighted by Crippen LogP contribution is -2.43. The fourth-order valence-corrected chi connectivity index (χ4v) is 5.81. The van der Waals surface area contributed by atoms with Crippen LogP contribution in [0.5, 0.6) is 0 Å². The van der Waals surface area contributed by atoms with Crippen molar-refractivity contribution in [1.29, 1.82) is 0 Å². The van der Waals surface area contributed by atoms with E-state index in [4.69, 9.17) is 0 Å². The summed E-state index contributed by atoms with van der Waals surface area (Å²) >= 11 is 0. The fraction of sp³-hybridized carbons (Fsp3) is 0.600. The Morgan fingerprint density at radius 3 is 0.542 bits per heavy atom. The lowest BCUT2D eigenvalue weighted by atomic mass is 9.73. The van der Waals surface area contributed by atoms with Crippen LogP contribution in [0.1, 0.15) is 0 Å². The summed E-state index contributed by atoms with van der Waals surface area (Å²) in [7, 11) is 0. The van der Waals surface area contributed by atoms with Gasteiger partial charge in [0.2, 0.25) is 0 Å². The summed E-state index contributed by atoms with van der Waals surface area (Å²) in [4.78, 5) is 0. The van der Waals surface area contributed by atoms with Gasteiger partial charge in [-0.1, -0.05) is 48.6 Å². The van der Waals surface area contributed by atoms with E-state index in [1.54, 1.807) is 0 Å². The molecule has 0 saturated heterocycles. The zero-order valence-corrected chi connectivity index (χ0v) is 13.3. The van der Waals surface area contributed by atoms with Crippen molar-refractivity contribution in [2.75, 3.05) is 0 Å². The molecule has 0 spiro atoms. The van der Waals surface area contributed by atoms with E-state index in [0.29, 0.717) is 0 Å². The quantitative estimate of drug-likeness (QED) is 0.492. The van der Waals surface area contributed by atoms with Crippen LogP contribution in [0, 0.1) is 47.3 Å². The zero-order chi connectivity index (χ0) is 16.6. The molecular weight excluding hydrogens is 304 g/mol. The third-order valence-corrected chi connectivity index (χ3v) is 7.15. The highest BCUT2D eigenvalue weighted by Gasteiger charge is 2.52. The smallest absolute Gasteiger partial charge is 0.0678 e. The molecule has 128 valence electrons. The molecule has 6 aliphatic carbocycles. The van der Waals surface area contributed by atoms with E-state index < -0.39 is 0 Å². The summed E-state index contributed by atoms with van der Waals surface area (Å²) in [6.45, 7) is 0. The van der Waals surface area contributed by atoms with E-state index in [1.165, 1.54) is 0 Å². The molecule has 0 amide bonds. The number of hydrogen-bond donors (Lipinski definition) is 4. The minimum Gasteiger partial charge on any atom is -0.392 e. The van der Waals surface area contributed by atoms with Crippen LogP contribution in [0.3, 0.4) is 0 Å². The molecule has 0 aromatic carbocycles. The molecule has 12 atom stereocenters. The largest absolute Gasteiger partial charge is 0.392 e. The first-order chi connectivity index (χ1) is 11.6. The van der Waals surface area contributed by atoms with E-state index in [9.17, 15) is 20.4 Å². The van der Waals surface area contributed by atoms with Gasteiger partial charge in [0.15, 0.2) is 0 Å². The second kappa shape index (κ2) is 5.15. The number of rotatable bonds is 0. The minimum atomic E-state index is -0.251. The predicted molar refractivity (Wildman–Crippen MR) is 88.5 cm³/mol. The Balaban J connectivity index is 0.000000109. The van der Waals surface area contributed by atoms with Crippen LogP contribution in [0.25, 0.3) is 0 Å². The van der Waals surface area contributed by atoms with Gasteiger partial charge in [-0.2, -0.15) is 0 Å². The molecule has 8 bridgehead atoms. The van der Waals surface area contributed by atoms with Crippen molar-refractivity contribution in [3.63, 3.8) is 0 Å². The maximum absolute atomic E-state index is 9.79. The lowest BCUT2D eigenvalue weighted by Gasteiger charge is -2.36. The van der Waals surface area contributed by atoms with Gasteiger partial charge >= 0.3 is 0 Å². The molecule has 6 rings (SSSR count). The van der Waals surface area contributed by atoms with E-state index in [0.717, 1.165) is 0 Å². The van der Waals surface area contributed by atoms with Crippen LogP contribution < -0.4 is 0 Å². The maximum Gasteiger partial charge on any atom is 0.0678 e. The predicted octanol–water partition coefficient (Wildman–Crippen LogP) is 0.652. The number of aliphatic hydroxyl groups is 4. The molecule has 0 heterocycles. The Labute approximate surface area is 141 Å². The average Bonchev–Trinajstić information content (AvgIpc) is 3.16. The summed E-state index contributed by atoms with van der Waals surface area (Å²) in [5, 5.41) is 39.2. The maximum atomic E-state index is 9.79. The second-order valence-corrected chi connectivity index (χ2v) is 8.12. The Bertz CT molecular complexity index is 490. The van der Waals surface area contributed by atoms with Crippen LogP contribution in [0.4, 0.5) is 0 Å². The van der Waals surface area contributed by atoms with Gasteiger partial charge in [0.05, 0.1) is 24.4 Å². The van der Waals surface area contributed by atoms with Gasteiger partial charge in [-0.15, -0.1) is 0 Å². The highest BCUT2D eigenvalue weighted by Crippen LogP contribution is 2.50. The Hall–Kier alpha value is -1.20. The molecular formula is C20H24O4. The van der Waals surface area contributed by atoms with Crippen LogP contribution in [0.2, 0.25) is 0 Å². The third kappa shape index (κ3) is 1.83. The molecule has 2 fully saturated rings. The zero-order valence-electron chi connectivity index (χ0n) is 13.3. The van der Waals surface area contributed by atoms with Gasteiger partial charge < -0.3 is 20.4 Å². The summed E-state index contributed by atoms with van der Waals surface area (Å²) in [6.07, 6.45) is 15.5. The minimum absolute atomic E-state index is 0.167. The summed E-state index contributed by atoms with van der Waals surface area (Å²) in [5.41, 5.74) is 0. The number of aliphatic hydroxyl groups excluding tert-OH is 4. The van der Waals surface area contributed by atoms with Crippen LogP contribution in [0.15, 0.2) is 48.6 Å². The summed E-state index contributed by atoms with van der Waals surface area (Å²) in [6, 6.07) is 0. The summed E-state index contributed by atoms with van der Waals surface area (Å²) in [5.74, 6) is 1.33. The van der Waals surface area contributed by atoms with Gasteiger partial charge in [-0.25, -0.2) is 0 Å². The molecule has 4 unspecified atom stereocenters. The van der Waals surface area contributed by atoms with Crippen molar-refractivity contribution in [2.45, 2.75) is 24.4 Å². The first kappa shape index (κ1) is 15.1. The van der Waals surface area contributed by atoms with E-state index >= 15 is 0 Å². The molecule has 24 heavy (non-hydrogen) atoms. The summed E-state index contributed by atoms with van der Waals surface area (Å²) < 4.78 is 0. The Morgan fingerprint density at radius 1 is 0.292 bits per heavy atom. The first-order valence-corrected chi connectivity index (χ1v) is 9.03. The topological polar surface area (TPSA) is 80.9 Å². The molecule has 2 saturated carbocycles. The van der Waals surface area contributed by atoms with E-state index in [1.807, 2.05) is 0 Å². The van der Waals surface area contributed by atoms with E-state index in [-0.39, 0.29) is 71.8 Å². The average molecular weight is 328 g/mol. The molecule has 0 aliphatic heterocycles. The lowest BCUT2D eigenvalue weighted by molar-refractivity contribution is -0.0395. The SMILES string of the molecule is OC1[C@H]2C=C[C@@H]1[C@H]1C=C[C@@H]2C1O.OC1[C@H]2C=C[C@@H]1[C@H]1C=C[C@@H]2C1O. The van der Waals surface area contributed by atoms with Gasteiger partial charge in [0.1, 0.15) is 0 Å². The van der Waals surface area contributed by atoms with Gasteiger partial charge in [-0.05, 0) is 0 Å². The number of hydrogen-bond acceptors (Lipinski definition) is 4. The normalized spacial score (nSPS) is 59.8. The molecule has 6 aliphatic rings. The van der Waals surface area contributed by atoms with Gasteiger partial charge in [0.25, 0.3) is 0 Å². The van der Waals surface area contributed by atoms with Crippen molar-refractivity contribution < 1.29 is 20.4 Å². The van der Waals surface area contributed by atoms with Crippen molar-refractivity contribution in [3.05, 3.63) is 48.6 Å². The van der Waals surface area contributed by atoms with Crippen molar-refractivity contribution in [1.82, 2.24) is 0 Å². The first-order valence-electron chi connectivity index (χ1n) is 9.03. The Kier molecular flexibility index (Phi) is 3.24. The van der Waals surface area contributed by atoms with E-state index in [2.05, 4.69) is 48.6 Å². The molecule has 4 heteroatoms. The highest BCUT2D eigenvalue weighted by molar-refractivity contribution is 5.28. The monoisotopic (exact) mass is 328 g/mol. The van der Waals surface area contributed by atoms with Crippen LogP contribution >= 0.6 is 0 Å². The second-order valence-electron chi connectivity index (χ2n) is 8.12. The van der Waals surface area contributed by atoms with Crippen molar-refractivity contribution in [3.8, 4) is 0 Å². The standard InChI is InChI=1S/2C10H12O2/c2*11-9-5-1-2-6(9)8-4-3-7(5)10(8)12/h2*1-12H/t2*5-,6+,7-,8+,9?,10?. The molecule has 0 aromatic heterocycles. The third-order valence-electron chi connectivity index (χ3n) is 7.15. The Morgan fingerprint density at radius 2 is 0.417 bits per heavy atom. The molecule has 0 aromatic rings. The molecule has 4 nitrogen and oxygen atoms in total. The van der Waals surface area contributed by atoms with Crippen molar-refractivity contribution in [2.24, 2.45) is 47.3 Å². The van der Waals surface area contributed by atoms with Crippen molar-refractivity contribution >= 4 is 0 Å².